The van der Waals surface area contributed by atoms with Crippen molar-refractivity contribution in [2.45, 2.75) is 25.7 Å². The number of rotatable bonds is 10. The molecule has 0 spiro atoms. The fraction of sp³-hybridized carbons (Fsp3) is 0.391. The molecule has 0 bridgehead atoms. The smallest absolute Gasteiger partial charge is 0.262 e. The van der Waals surface area contributed by atoms with E-state index < -0.39 is 0 Å². The van der Waals surface area contributed by atoms with E-state index in [4.69, 9.17) is 9.47 Å². The van der Waals surface area contributed by atoms with Gasteiger partial charge in [0.25, 0.3) is 5.91 Å². The summed E-state index contributed by atoms with van der Waals surface area (Å²) in [5.74, 6) is 1.39. The number of nitrogens with one attached hydrogen (secondary N) is 1. The van der Waals surface area contributed by atoms with Crippen LogP contribution in [0.3, 0.4) is 0 Å². The molecule has 6 heteroatoms. The van der Waals surface area contributed by atoms with Gasteiger partial charge in [-0.05, 0) is 68.8 Å². The van der Waals surface area contributed by atoms with Crippen molar-refractivity contribution in [3.8, 4) is 11.5 Å². The molecule has 3 rings (SSSR count). The Hall–Kier alpha value is -2.86. The predicted octanol–water partition coefficient (Wildman–Crippen LogP) is 3.55. The minimum atomic E-state index is -0.195. The highest BCUT2D eigenvalue weighted by atomic mass is 16.5. The molecule has 0 aliphatic carbocycles. The molecule has 6 nitrogen and oxygen atoms in total. The fourth-order valence-corrected chi connectivity index (χ4v) is 3.33. The standard InChI is InChI=1S/C23H28N2O4/c1-25(13-11-17-6-5-7-19(14-17)28-2)12-4-3-8-21(26)18-9-10-22-20(15-18)24-23(27)16-29-22/h5-7,9-10,14-15H,3-4,8,11-13,16H2,1-2H3,(H,24,27). The van der Waals surface area contributed by atoms with E-state index in [1.807, 2.05) is 12.1 Å². The molecule has 0 atom stereocenters. The number of fused-ring (bicyclic) bond motifs is 1. The number of nitrogens with zero attached hydrogens (tertiary/aromatic N) is 1. The molecule has 2 aromatic rings. The average Bonchev–Trinajstić information content (AvgIpc) is 2.74. The molecule has 1 heterocycles. The van der Waals surface area contributed by atoms with Gasteiger partial charge in [-0.3, -0.25) is 9.59 Å². The number of ether oxygens (including phenoxy) is 2. The minimum absolute atomic E-state index is 0.0195. The average molecular weight is 396 g/mol. The van der Waals surface area contributed by atoms with E-state index in [-0.39, 0.29) is 18.3 Å². The molecule has 29 heavy (non-hydrogen) atoms. The molecule has 1 aliphatic rings. The first-order chi connectivity index (χ1) is 14.0. The molecule has 0 aromatic heterocycles. The highest BCUT2D eigenvalue weighted by Gasteiger charge is 2.17. The lowest BCUT2D eigenvalue weighted by molar-refractivity contribution is -0.118. The zero-order valence-corrected chi connectivity index (χ0v) is 17.1. The number of Topliss-reactive ketones (excluding diaryl/α,β-unsaturated/α-hetero) is 1. The van der Waals surface area contributed by atoms with E-state index >= 15 is 0 Å². The van der Waals surface area contributed by atoms with E-state index in [0.29, 0.717) is 23.4 Å². The Labute approximate surface area is 171 Å². The fourth-order valence-electron chi connectivity index (χ4n) is 3.33. The Kier molecular flexibility index (Phi) is 7.25. The summed E-state index contributed by atoms with van der Waals surface area (Å²) in [6.45, 7) is 1.93. The van der Waals surface area contributed by atoms with Crippen molar-refractivity contribution in [1.29, 1.82) is 0 Å². The van der Waals surface area contributed by atoms with Gasteiger partial charge in [-0.2, -0.15) is 0 Å². The number of carbonyl (C=O) groups is 2. The summed E-state index contributed by atoms with van der Waals surface area (Å²) < 4.78 is 10.6. The number of carbonyl (C=O) groups excluding carboxylic acids is 2. The van der Waals surface area contributed by atoms with Gasteiger partial charge < -0.3 is 19.7 Å². The minimum Gasteiger partial charge on any atom is -0.497 e. The molecule has 0 saturated carbocycles. The van der Waals surface area contributed by atoms with Crippen molar-refractivity contribution >= 4 is 17.4 Å². The van der Waals surface area contributed by atoms with Gasteiger partial charge in [0.15, 0.2) is 12.4 Å². The van der Waals surface area contributed by atoms with E-state index in [0.717, 1.165) is 38.1 Å². The van der Waals surface area contributed by atoms with Crippen LogP contribution < -0.4 is 14.8 Å². The summed E-state index contributed by atoms with van der Waals surface area (Å²) >= 11 is 0. The summed E-state index contributed by atoms with van der Waals surface area (Å²) in [7, 11) is 3.79. The van der Waals surface area contributed by atoms with Crippen molar-refractivity contribution in [3.63, 3.8) is 0 Å². The van der Waals surface area contributed by atoms with Crippen LogP contribution in [0.1, 0.15) is 35.2 Å². The first kappa shape index (κ1) is 20.9. The third-order valence-electron chi connectivity index (χ3n) is 5.04. The maximum atomic E-state index is 12.4. The van der Waals surface area contributed by atoms with Crippen LogP contribution in [-0.2, 0) is 11.2 Å². The van der Waals surface area contributed by atoms with Gasteiger partial charge in [0.2, 0.25) is 0 Å². The molecular weight excluding hydrogens is 368 g/mol. The van der Waals surface area contributed by atoms with Crippen LogP contribution in [0.15, 0.2) is 42.5 Å². The molecule has 154 valence electrons. The number of amides is 1. The first-order valence-electron chi connectivity index (χ1n) is 9.96. The second kappa shape index (κ2) is 10.1. The Morgan fingerprint density at radius 1 is 1.17 bits per heavy atom. The van der Waals surface area contributed by atoms with Crippen molar-refractivity contribution < 1.29 is 19.1 Å². The van der Waals surface area contributed by atoms with Gasteiger partial charge in [-0.1, -0.05) is 12.1 Å². The van der Waals surface area contributed by atoms with Gasteiger partial charge in [0.1, 0.15) is 11.5 Å². The number of anilines is 1. The number of benzene rings is 2. The van der Waals surface area contributed by atoms with Crippen LogP contribution in [0.25, 0.3) is 0 Å². The van der Waals surface area contributed by atoms with Gasteiger partial charge in [0.05, 0.1) is 12.8 Å². The van der Waals surface area contributed by atoms with Crippen LogP contribution in [0.4, 0.5) is 5.69 Å². The Morgan fingerprint density at radius 2 is 2.03 bits per heavy atom. The summed E-state index contributed by atoms with van der Waals surface area (Å²) in [6.07, 6.45) is 3.26. The van der Waals surface area contributed by atoms with Crippen LogP contribution in [0.2, 0.25) is 0 Å². The van der Waals surface area contributed by atoms with Gasteiger partial charge in [0, 0.05) is 18.5 Å². The van der Waals surface area contributed by atoms with E-state index in [2.05, 4.69) is 29.4 Å². The second-order valence-corrected chi connectivity index (χ2v) is 7.33. The van der Waals surface area contributed by atoms with Crippen molar-refractivity contribution in [1.82, 2.24) is 4.90 Å². The normalized spacial score (nSPS) is 12.9. The van der Waals surface area contributed by atoms with Crippen LogP contribution in [-0.4, -0.2) is 50.4 Å². The number of likely N-dealkylation sites (N-methyl/N-ethyl adjacent to an activating group) is 1. The predicted molar refractivity (Wildman–Crippen MR) is 113 cm³/mol. The summed E-state index contributed by atoms with van der Waals surface area (Å²) in [5.41, 5.74) is 2.44. The Balaban J connectivity index is 1.38. The van der Waals surface area contributed by atoms with Crippen LogP contribution in [0.5, 0.6) is 11.5 Å². The molecule has 2 aromatic carbocycles. The molecule has 1 N–H and O–H groups in total. The van der Waals surface area contributed by atoms with Gasteiger partial charge in [-0.15, -0.1) is 0 Å². The molecule has 0 fully saturated rings. The Bertz CT molecular complexity index is 866. The molecule has 1 aliphatic heterocycles. The van der Waals surface area contributed by atoms with Crippen LogP contribution >= 0.6 is 0 Å². The van der Waals surface area contributed by atoms with Crippen molar-refractivity contribution in [2.75, 3.05) is 39.2 Å². The van der Waals surface area contributed by atoms with E-state index in [1.54, 1.807) is 25.3 Å². The molecular formula is C23H28N2O4. The third kappa shape index (κ3) is 6.06. The SMILES string of the molecule is COc1cccc(CCN(C)CCCCC(=O)c2ccc3c(c2)NC(=O)CO3)c1. The monoisotopic (exact) mass is 396 g/mol. The number of hydrogen-bond donors (Lipinski definition) is 1. The summed E-state index contributed by atoms with van der Waals surface area (Å²) in [6, 6.07) is 13.4. The van der Waals surface area contributed by atoms with Crippen molar-refractivity contribution in [2.24, 2.45) is 0 Å². The summed E-state index contributed by atoms with van der Waals surface area (Å²) in [5, 5.41) is 2.74. The van der Waals surface area contributed by atoms with Gasteiger partial charge in [-0.25, -0.2) is 0 Å². The maximum Gasteiger partial charge on any atom is 0.262 e. The molecule has 1 amide bonds. The summed E-state index contributed by atoms with van der Waals surface area (Å²) in [4.78, 5) is 26.2. The molecule has 0 unspecified atom stereocenters. The quantitative estimate of drug-likeness (QED) is 0.491. The Morgan fingerprint density at radius 3 is 2.86 bits per heavy atom. The number of hydrogen-bond acceptors (Lipinski definition) is 5. The maximum absolute atomic E-state index is 12.4. The largest absolute Gasteiger partial charge is 0.497 e. The number of ketones is 1. The number of unbranched alkanes of at least 4 members (excludes halogenated alkanes) is 1. The van der Waals surface area contributed by atoms with Crippen LogP contribution in [0, 0.1) is 0 Å². The second-order valence-electron chi connectivity index (χ2n) is 7.33. The van der Waals surface area contributed by atoms with Gasteiger partial charge >= 0.3 is 0 Å². The molecule has 0 saturated heterocycles. The zero-order chi connectivity index (χ0) is 20.6. The zero-order valence-electron chi connectivity index (χ0n) is 17.1. The highest BCUT2D eigenvalue weighted by Crippen LogP contribution is 2.29. The van der Waals surface area contributed by atoms with E-state index in [9.17, 15) is 9.59 Å². The lowest BCUT2D eigenvalue weighted by Gasteiger charge is -2.18. The molecule has 0 radical (unpaired) electrons. The lowest BCUT2D eigenvalue weighted by Crippen LogP contribution is -2.25. The lowest BCUT2D eigenvalue weighted by atomic mass is 10.0. The third-order valence-corrected chi connectivity index (χ3v) is 5.04. The van der Waals surface area contributed by atoms with E-state index in [1.165, 1.54) is 5.56 Å². The number of methoxy groups -OCH3 is 1. The topological polar surface area (TPSA) is 67.9 Å². The first-order valence-corrected chi connectivity index (χ1v) is 9.96. The highest BCUT2D eigenvalue weighted by molar-refractivity contribution is 6.00. The van der Waals surface area contributed by atoms with Crippen molar-refractivity contribution in [3.05, 3.63) is 53.6 Å².